The van der Waals surface area contributed by atoms with Crippen LogP contribution in [0.3, 0.4) is 0 Å². The van der Waals surface area contributed by atoms with Crippen LogP contribution in [0.1, 0.15) is 37.1 Å². The Morgan fingerprint density at radius 3 is 1.03 bits per heavy atom. The van der Waals surface area contributed by atoms with Crippen LogP contribution in [0.5, 0.6) is 0 Å². The molecular weight excluding hydrogens is 760 g/mol. The van der Waals surface area contributed by atoms with Gasteiger partial charge in [0, 0.05) is 0 Å². The molecule has 4 rings (SSSR count). The van der Waals surface area contributed by atoms with E-state index in [0.717, 1.165) is 0 Å². The predicted octanol–water partition coefficient (Wildman–Crippen LogP) is 7.84. The van der Waals surface area contributed by atoms with Crippen LogP contribution in [0.15, 0.2) is 97.1 Å². The second-order valence-electron chi connectivity index (χ2n) is 7.45. The molecule has 0 saturated carbocycles. The van der Waals surface area contributed by atoms with Gasteiger partial charge in [-0.3, -0.25) is 11.1 Å². The van der Waals surface area contributed by atoms with Crippen LogP contribution in [0.4, 0.5) is 0 Å². The van der Waals surface area contributed by atoms with Gasteiger partial charge in [-0.25, -0.2) is 24.3 Å². The molecular formula is C28H36Cl2Fe2N2Pd2. The first-order valence-electron chi connectivity index (χ1n) is 10.6. The normalized spacial score (nSPS) is 10.4. The van der Waals surface area contributed by atoms with Gasteiger partial charge in [0.2, 0.25) is 0 Å². The van der Waals surface area contributed by atoms with Crippen molar-refractivity contribution in [3.63, 3.8) is 0 Å². The minimum absolute atomic E-state index is 0. The second kappa shape index (κ2) is 31.5. The monoisotopic (exact) mass is 794 g/mol. The maximum Gasteiger partial charge on any atom is 2.00 e. The summed E-state index contributed by atoms with van der Waals surface area (Å²) in [7, 11) is 17.3. The van der Waals surface area contributed by atoms with Crippen LogP contribution in [-0.4, -0.2) is 38.0 Å². The van der Waals surface area contributed by atoms with E-state index in [1.165, 1.54) is 11.1 Å². The fraction of sp³-hybridized carbons (Fsp3) is 0.286. The molecule has 2 atom stereocenters. The van der Waals surface area contributed by atoms with Crippen molar-refractivity contribution < 1.29 is 70.5 Å². The third-order valence-corrected chi connectivity index (χ3v) is 4.80. The van der Waals surface area contributed by atoms with E-state index < -0.39 is 0 Å². The van der Waals surface area contributed by atoms with Crippen LogP contribution >= 0.6 is 19.1 Å². The number of nitrogens with zero attached hydrogens (tertiary/aromatic N) is 2. The number of hydrogen-bond donors (Lipinski definition) is 0. The molecule has 0 fully saturated rings. The molecule has 0 saturated heterocycles. The Morgan fingerprint density at radius 2 is 0.889 bits per heavy atom. The molecule has 2 nitrogen and oxygen atoms in total. The minimum Gasteiger partial charge on any atom is -0.214 e. The van der Waals surface area contributed by atoms with Crippen molar-refractivity contribution in [3.8, 4) is 0 Å². The molecule has 0 aliphatic carbocycles. The van der Waals surface area contributed by atoms with Crippen LogP contribution < -0.4 is 0 Å². The molecule has 0 heterocycles. The van der Waals surface area contributed by atoms with E-state index >= 15 is 0 Å². The van der Waals surface area contributed by atoms with Crippen molar-refractivity contribution in [2.45, 2.75) is 25.9 Å². The number of hydrogen-bond acceptors (Lipinski definition) is 2. The number of halogens is 2. The summed E-state index contributed by atoms with van der Waals surface area (Å²) in [6.45, 7) is 4.34. The summed E-state index contributed by atoms with van der Waals surface area (Å²) in [5.41, 5.74) is 2.54. The predicted molar refractivity (Wildman–Crippen MR) is 142 cm³/mol. The Bertz CT molecular complexity index is 701. The van der Waals surface area contributed by atoms with E-state index in [9.17, 15) is 0 Å². The topological polar surface area (TPSA) is 6.48 Å². The van der Waals surface area contributed by atoms with Crippen LogP contribution in [-0.2, 0) is 70.5 Å². The molecule has 0 aliphatic heterocycles. The minimum atomic E-state index is 0. The van der Waals surface area contributed by atoms with Crippen molar-refractivity contribution in [2.75, 3.05) is 28.2 Å². The van der Waals surface area contributed by atoms with Crippen molar-refractivity contribution in [2.24, 2.45) is 0 Å². The molecule has 208 valence electrons. The van der Waals surface area contributed by atoms with Gasteiger partial charge in [0.25, 0.3) is 0 Å². The summed E-state index contributed by atoms with van der Waals surface area (Å²) < 4.78 is 0. The van der Waals surface area contributed by atoms with Gasteiger partial charge in [-0.15, -0.1) is 0 Å². The fourth-order valence-corrected chi connectivity index (χ4v) is 2.41. The van der Waals surface area contributed by atoms with E-state index in [0.29, 0.717) is 12.1 Å². The molecule has 0 amide bonds. The molecule has 4 aromatic carbocycles. The summed E-state index contributed by atoms with van der Waals surface area (Å²) in [6, 6.07) is 39.5. The summed E-state index contributed by atoms with van der Waals surface area (Å²) in [5, 5.41) is 0. The van der Waals surface area contributed by atoms with E-state index in [1.807, 2.05) is 84.9 Å². The van der Waals surface area contributed by atoms with Crippen LogP contribution in [0.25, 0.3) is 0 Å². The molecule has 8 heteroatoms. The summed E-state index contributed by atoms with van der Waals surface area (Å²) in [4.78, 5) is 4.34. The SMILES string of the molecule is C[C@@H](c1[c-]cc[cH-]1)N(C)C.C[C@@H](c1[c-]cc[cH-]1)N(C)C.[Cl][Pd+].[Cl][Pd+].[Fe+2].[Fe+2].c1cc[cH-]c1.c1cc[cH-]c1. The molecule has 4 aromatic rings. The smallest absolute Gasteiger partial charge is 0.214 e. The van der Waals surface area contributed by atoms with Gasteiger partial charge in [-0.2, -0.15) is 36.4 Å². The first-order chi connectivity index (χ1) is 16.4. The van der Waals surface area contributed by atoms with Gasteiger partial charge in [0.1, 0.15) is 0 Å². The van der Waals surface area contributed by atoms with Gasteiger partial charge in [0.05, 0.1) is 0 Å². The second-order valence-corrected chi connectivity index (χ2v) is 7.45. The summed E-state index contributed by atoms with van der Waals surface area (Å²) >= 11 is 4.44. The standard InChI is InChI=1S/2C9H13N.2C5H5.2ClH.2Fe.2Pd/c2*1-8(10(2)3)9-6-4-5-7-9;2*1-2-4-5-3-1;;;;;;/h2*4-6,8H,1-3H3;2*1-5H;2*1H;;;;/q2*-2;2*-1;;;4*+2/p-2/t2*8-;;;;;;;;/m00......../s1. The summed E-state index contributed by atoms with van der Waals surface area (Å²) in [6.07, 6.45) is 0. The zero-order valence-corrected chi connectivity index (χ0v) is 28.2. The van der Waals surface area contributed by atoms with Crippen LogP contribution in [0, 0.1) is 12.1 Å². The van der Waals surface area contributed by atoms with Gasteiger partial charge >= 0.3 is 89.6 Å². The summed E-state index contributed by atoms with van der Waals surface area (Å²) in [5.74, 6) is 0. The van der Waals surface area contributed by atoms with Crippen LogP contribution in [0.2, 0.25) is 0 Å². The third kappa shape index (κ3) is 23.4. The largest absolute Gasteiger partial charge is 2.00 e. The first-order valence-corrected chi connectivity index (χ1v) is 14.6. The fourth-order valence-electron chi connectivity index (χ4n) is 2.41. The average molecular weight is 796 g/mol. The molecule has 0 spiro atoms. The van der Waals surface area contributed by atoms with Gasteiger partial charge in [-0.1, -0.05) is 0 Å². The maximum absolute atomic E-state index is 4.49. The molecule has 0 bridgehead atoms. The van der Waals surface area contributed by atoms with Gasteiger partial charge in [0.15, 0.2) is 0 Å². The van der Waals surface area contributed by atoms with E-state index in [4.69, 9.17) is 0 Å². The van der Waals surface area contributed by atoms with Crippen molar-refractivity contribution in [3.05, 3.63) is 120 Å². The van der Waals surface area contributed by atoms with E-state index in [-0.39, 0.29) is 34.1 Å². The zero-order valence-electron chi connectivity index (χ0n) is 21.4. The van der Waals surface area contributed by atoms with Crippen molar-refractivity contribution in [1.82, 2.24) is 9.80 Å². The Kier molecular flexibility index (Phi) is 37.9. The maximum atomic E-state index is 4.49. The Balaban J connectivity index is -0.000000184. The average Bonchev–Trinajstić information content (AvgIpc) is 3.69. The Labute approximate surface area is 271 Å². The molecule has 0 unspecified atom stereocenters. The van der Waals surface area contributed by atoms with Crippen molar-refractivity contribution in [1.29, 1.82) is 0 Å². The Hall–Kier alpha value is 0.264. The molecule has 0 N–H and O–H groups in total. The quantitative estimate of drug-likeness (QED) is 0.154. The molecule has 0 aromatic heterocycles. The van der Waals surface area contributed by atoms with Crippen molar-refractivity contribution >= 4 is 19.1 Å². The number of rotatable bonds is 4. The van der Waals surface area contributed by atoms with E-state index in [2.05, 4.69) is 132 Å². The molecule has 0 aliphatic rings. The Morgan fingerprint density at radius 1 is 0.611 bits per heavy atom. The van der Waals surface area contributed by atoms with E-state index in [1.54, 1.807) is 0 Å². The molecule has 36 heavy (non-hydrogen) atoms. The van der Waals surface area contributed by atoms with Gasteiger partial charge in [-0.05, 0) is 54.1 Å². The zero-order chi connectivity index (χ0) is 26.2. The third-order valence-electron chi connectivity index (χ3n) is 4.80. The first kappa shape index (κ1) is 43.3. The van der Waals surface area contributed by atoms with Gasteiger partial charge < -0.3 is 58.3 Å². The molecule has 0 radical (unpaired) electrons.